The minimum atomic E-state index is -3.67. The second-order valence-electron chi connectivity index (χ2n) is 5.34. The normalized spacial score (nSPS) is 11.6. The Morgan fingerprint density at radius 3 is 2.42 bits per heavy atom. The van der Waals surface area contributed by atoms with Crippen LogP contribution in [-0.4, -0.2) is 26.5 Å². The molecule has 0 radical (unpaired) electrons. The van der Waals surface area contributed by atoms with Crippen LogP contribution in [0.15, 0.2) is 52.4 Å². The van der Waals surface area contributed by atoms with Gasteiger partial charge in [0.2, 0.25) is 9.84 Å². The molecule has 0 fully saturated rings. The summed E-state index contributed by atoms with van der Waals surface area (Å²) in [7, 11) is -2.36. The van der Waals surface area contributed by atoms with Crippen molar-refractivity contribution in [2.24, 2.45) is 0 Å². The van der Waals surface area contributed by atoms with Crippen molar-refractivity contribution in [1.82, 2.24) is 4.98 Å². The summed E-state index contributed by atoms with van der Waals surface area (Å²) < 4.78 is 31.0. The number of carbonyl (C=O) groups is 1. The van der Waals surface area contributed by atoms with E-state index in [4.69, 9.17) is 4.74 Å². The van der Waals surface area contributed by atoms with Gasteiger partial charge in [0.1, 0.15) is 0 Å². The molecule has 1 N–H and O–H groups in total. The van der Waals surface area contributed by atoms with E-state index in [-0.39, 0.29) is 9.92 Å². The van der Waals surface area contributed by atoms with Crippen LogP contribution in [0.25, 0.3) is 10.9 Å². The number of halogens is 1. The Morgan fingerprint density at radius 1 is 1.12 bits per heavy atom. The summed E-state index contributed by atoms with van der Waals surface area (Å²) in [5.74, 6) is -0.461. The Balaban J connectivity index is 2.18. The lowest BCUT2D eigenvalue weighted by atomic mass is 10.1. The number of ether oxygens (including phenoxy) is 1. The number of aromatic nitrogens is 1. The number of benzene rings is 2. The van der Waals surface area contributed by atoms with E-state index in [1.807, 2.05) is 29.5 Å². The fourth-order valence-electron chi connectivity index (χ4n) is 2.40. The van der Waals surface area contributed by atoms with Gasteiger partial charge in [-0.1, -0.05) is 17.7 Å². The zero-order valence-electron chi connectivity index (χ0n) is 13.0. The number of sulfone groups is 1. The summed E-state index contributed by atoms with van der Waals surface area (Å²) in [5, 5.41) is 0.799. The van der Waals surface area contributed by atoms with E-state index >= 15 is 0 Å². The molecule has 0 amide bonds. The predicted octanol–water partition coefficient (Wildman–Crippen LogP) is 3.70. The quantitative estimate of drug-likeness (QED) is 0.483. The highest BCUT2D eigenvalue weighted by Gasteiger charge is 2.24. The van der Waals surface area contributed by atoms with Gasteiger partial charge >= 0.3 is 5.97 Å². The molecule has 124 valence electrons. The summed E-state index contributed by atoms with van der Waals surface area (Å²) in [5.41, 5.74) is 2.02. The van der Waals surface area contributed by atoms with Crippen molar-refractivity contribution in [1.29, 1.82) is 0 Å². The number of methoxy groups -OCH3 is 1. The largest absolute Gasteiger partial charge is 0.465 e. The number of aryl methyl sites for hydroxylation is 1. The van der Waals surface area contributed by atoms with E-state index in [1.54, 1.807) is 42.5 Å². The maximum Gasteiger partial charge on any atom is 0.337 e. The zero-order valence-corrected chi connectivity index (χ0v) is 15.9. The summed E-state index contributed by atoms with van der Waals surface area (Å²) in [4.78, 5) is 14.9. The first-order chi connectivity index (χ1) is 11.3. The van der Waals surface area contributed by atoms with Gasteiger partial charge in [-0.25, -0.2) is 13.2 Å². The monoisotopic (exact) mass is 455 g/mol. The summed E-state index contributed by atoms with van der Waals surface area (Å²) in [6, 6.07) is 11.6. The standard InChI is InChI=1S/C17H14INO4S/c1-10-3-6-12(7-4-10)24(21,22)16-15(18)13-9-11(17(20)23-2)5-8-14(13)19-16/h3-9,19H,1-2H3. The number of esters is 1. The Morgan fingerprint density at radius 2 is 1.79 bits per heavy atom. The lowest BCUT2D eigenvalue weighted by Gasteiger charge is -2.03. The molecule has 0 spiro atoms. The highest BCUT2D eigenvalue weighted by Crippen LogP contribution is 2.31. The van der Waals surface area contributed by atoms with Crippen molar-refractivity contribution in [2.75, 3.05) is 7.11 Å². The van der Waals surface area contributed by atoms with Gasteiger partial charge in [-0.2, -0.15) is 0 Å². The molecule has 7 heteroatoms. The molecule has 1 aromatic heterocycles. The molecule has 5 nitrogen and oxygen atoms in total. The van der Waals surface area contributed by atoms with Crippen LogP contribution in [0.4, 0.5) is 0 Å². The van der Waals surface area contributed by atoms with Crippen LogP contribution in [0.1, 0.15) is 15.9 Å². The van der Waals surface area contributed by atoms with Gasteiger partial charge in [0.05, 0.1) is 21.1 Å². The highest BCUT2D eigenvalue weighted by molar-refractivity contribution is 14.1. The van der Waals surface area contributed by atoms with Crippen molar-refractivity contribution in [3.63, 3.8) is 0 Å². The molecular formula is C17H14INO4S. The molecule has 1 heterocycles. The number of rotatable bonds is 3. The number of carbonyl (C=O) groups excluding carboxylic acids is 1. The van der Waals surface area contributed by atoms with Crippen LogP contribution >= 0.6 is 22.6 Å². The van der Waals surface area contributed by atoms with Crippen LogP contribution in [-0.2, 0) is 14.6 Å². The number of fused-ring (bicyclic) bond motifs is 1. The van der Waals surface area contributed by atoms with E-state index < -0.39 is 15.8 Å². The number of hydrogen-bond acceptors (Lipinski definition) is 4. The zero-order chi connectivity index (χ0) is 17.5. The first-order valence-corrected chi connectivity index (χ1v) is 9.62. The van der Waals surface area contributed by atoms with Gasteiger partial charge in [0, 0.05) is 10.9 Å². The predicted molar refractivity (Wildman–Crippen MR) is 99.0 cm³/mol. The third-order valence-corrected chi connectivity index (χ3v) is 6.95. The van der Waals surface area contributed by atoms with Gasteiger partial charge in [-0.05, 0) is 59.8 Å². The first kappa shape index (κ1) is 17.0. The summed E-state index contributed by atoms with van der Waals surface area (Å²) in [6.07, 6.45) is 0. The topological polar surface area (TPSA) is 76.2 Å². The van der Waals surface area contributed by atoms with Crippen molar-refractivity contribution < 1.29 is 17.9 Å². The molecule has 3 rings (SSSR count). The van der Waals surface area contributed by atoms with E-state index in [1.165, 1.54) is 7.11 Å². The molecule has 3 aromatic rings. The van der Waals surface area contributed by atoms with Crippen molar-refractivity contribution in [3.8, 4) is 0 Å². The minimum Gasteiger partial charge on any atom is -0.465 e. The molecule has 0 saturated heterocycles. The summed E-state index contributed by atoms with van der Waals surface area (Å²) in [6.45, 7) is 1.90. The molecule has 2 aromatic carbocycles. The highest BCUT2D eigenvalue weighted by atomic mass is 127. The number of H-pyrrole nitrogens is 1. The average molecular weight is 455 g/mol. The molecule has 0 saturated carbocycles. The average Bonchev–Trinajstić information content (AvgIpc) is 2.91. The maximum absolute atomic E-state index is 12.9. The third-order valence-electron chi connectivity index (χ3n) is 3.72. The Labute approximate surface area is 153 Å². The fraction of sp³-hybridized carbons (Fsp3) is 0.118. The van der Waals surface area contributed by atoms with E-state index in [2.05, 4.69) is 4.98 Å². The number of nitrogens with one attached hydrogen (secondary N) is 1. The molecule has 0 unspecified atom stereocenters. The third kappa shape index (κ3) is 2.82. The number of hydrogen-bond donors (Lipinski definition) is 1. The number of aromatic amines is 1. The lowest BCUT2D eigenvalue weighted by molar-refractivity contribution is 0.0601. The van der Waals surface area contributed by atoms with Crippen molar-refractivity contribution in [3.05, 3.63) is 57.2 Å². The van der Waals surface area contributed by atoms with Crippen molar-refractivity contribution in [2.45, 2.75) is 16.8 Å². The van der Waals surface area contributed by atoms with Crippen LogP contribution in [0, 0.1) is 10.5 Å². The Kier molecular flexibility index (Phi) is 4.39. The second kappa shape index (κ2) is 6.21. The van der Waals surface area contributed by atoms with Crippen LogP contribution < -0.4 is 0 Å². The minimum absolute atomic E-state index is 0.129. The molecule has 0 bridgehead atoms. The summed E-state index contributed by atoms with van der Waals surface area (Å²) >= 11 is 1.98. The molecular weight excluding hydrogens is 441 g/mol. The van der Waals surface area contributed by atoms with Gasteiger partial charge < -0.3 is 9.72 Å². The second-order valence-corrected chi connectivity index (χ2v) is 8.30. The lowest BCUT2D eigenvalue weighted by Crippen LogP contribution is -2.04. The molecule has 0 aliphatic rings. The maximum atomic E-state index is 12.9. The smallest absolute Gasteiger partial charge is 0.337 e. The molecule has 0 aliphatic heterocycles. The van der Waals surface area contributed by atoms with Crippen molar-refractivity contribution >= 4 is 49.3 Å². The molecule has 24 heavy (non-hydrogen) atoms. The van der Waals surface area contributed by atoms with Gasteiger partial charge in [-0.15, -0.1) is 0 Å². The first-order valence-electron chi connectivity index (χ1n) is 7.06. The molecule has 0 atom stereocenters. The SMILES string of the molecule is COC(=O)c1ccc2[nH]c(S(=O)(=O)c3ccc(C)cc3)c(I)c2c1. The van der Waals surface area contributed by atoms with E-state index in [9.17, 15) is 13.2 Å². The van der Waals surface area contributed by atoms with Gasteiger partial charge in [0.15, 0.2) is 5.03 Å². The van der Waals surface area contributed by atoms with Crippen LogP contribution in [0.3, 0.4) is 0 Å². The Hall–Kier alpha value is -1.87. The Bertz CT molecular complexity index is 1040. The van der Waals surface area contributed by atoms with E-state index in [0.29, 0.717) is 20.0 Å². The van der Waals surface area contributed by atoms with Gasteiger partial charge in [-0.3, -0.25) is 0 Å². The molecule has 0 aliphatic carbocycles. The van der Waals surface area contributed by atoms with E-state index in [0.717, 1.165) is 5.56 Å². The fourth-order valence-corrected chi connectivity index (χ4v) is 5.17. The van der Waals surface area contributed by atoms with Crippen LogP contribution in [0.2, 0.25) is 0 Å². The van der Waals surface area contributed by atoms with Gasteiger partial charge in [0.25, 0.3) is 0 Å². The van der Waals surface area contributed by atoms with Crippen LogP contribution in [0.5, 0.6) is 0 Å².